The highest BCUT2D eigenvalue weighted by Crippen LogP contribution is 2.33. The molecule has 0 spiro atoms. The van der Waals surface area contributed by atoms with Crippen LogP contribution >= 0.6 is 23.4 Å². The summed E-state index contributed by atoms with van der Waals surface area (Å²) in [7, 11) is 3.21. The van der Waals surface area contributed by atoms with Gasteiger partial charge in [-0.2, -0.15) is 0 Å². The third-order valence-corrected chi connectivity index (χ3v) is 6.04. The van der Waals surface area contributed by atoms with Crippen molar-refractivity contribution >= 4 is 35.0 Å². The van der Waals surface area contributed by atoms with Crippen molar-refractivity contribution in [1.29, 1.82) is 0 Å². The Bertz CT molecular complexity index is 1240. The number of imidazole rings is 1. The lowest BCUT2D eigenvalue weighted by Gasteiger charge is -2.12. The van der Waals surface area contributed by atoms with Crippen LogP contribution in [0.25, 0.3) is 16.9 Å². The van der Waals surface area contributed by atoms with Gasteiger partial charge in [-0.1, -0.05) is 53.7 Å². The predicted molar refractivity (Wildman–Crippen MR) is 133 cm³/mol. The molecule has 0 aliphatic carbocycles. The number of carbonyl (C=O) groups is 1. The van der Waals surface area contributed by atoms with Crippen LogP contribution in [-0.4, -0.2) is 35.4 Å². The van der Waals surface area contributed by atoms with E-state index in [1.807, 2.05) is 53.2 Å². The molecular formula is C25H22ClN3O3S. The maximum Gasteiger partial charge on any atom is 0.234 e. The first-order valence-electron chi connectivity index (χ1n) is 10.1. The van der Waals surface area contributed by atoms with Crippen molar-refractivity contribution in [1.82, 2.24) is 9.55 Å². The van der Waals surface area contributed by atoms with Crippen LogP contribution in [0.1, 0.15) is 0 Å². The molecule has 0 fully saturated rings. The Labute approximate surface area is 201 Å². The van der Waals surface area contributed by atoms with Crippen LogP contribution in [0.4, 0.5) is 5.69 Å². The summed E-state index contributed by atoms with van der Waals surface area (Å²) in [6.07, 6.45) is 1.92. The number of hydrogen-bond donors (Lipinski definition) is 1. The lowest BCUT2D eigenvalue weighted by Crippen LogP contribution is -2.14. The number of thioether (sulfide) groups is 1. The number of rotatable bonds is 8. The zero-order valence-corrected chi connectivity index (χ0v) is 19.7. The van der Waals surface area contributed by atoms with Crippen molar-refractivity contribution in [3.05, 3.63) is 84.0 Å². The Kier molecular flexibility index (Phi) is 7.22. The zero-order valence-electron chi connectivity index (χ0n) is 18.1. The third kappa shape index (κ3) is 5.50. The normalized spacial score (nSPS) is 10.6. The van der Waals surface area contributed by atoms with Gasteiger partial charge in [0.05, 0.1) is 31.4 Å². The van der Waals surface area contributed by atoms with Gasteiger partial charge in [-0.25, -0.2) is 4.98 Å². The Morgan fingerprint density at radius 2 is 1.79 bits per heavy atom. The Morgan fingerprint density at radius 3 is 2.48 bits per heavy atom. The van der Waals surface area contributed by atoms with Gasteiger partial charge in [0.2, 0.25) is 5.91 Å². The van der Waals surface area contributed by atoms with Crippen LogP contribution < -0.4 is 14.8 Å². The molecule has 0 aliphatic rings. The molecule has 168 valence electrons. The van der Waals surface area contributed by atoms with Crippen LogP contribution in [-0.2, 0) is 4.79 Å². The lowest BCUT2D eigenvalue weighted by molar-refractivity contribution is -0.113. The molecule has 1 N–H and O–H groups in total. The molecule has 4 rings (SSSR count). The van der Waals surface area contributed by atoms with Gasteiger partial charge in [0.25, 0.3) is 0 Å². The number of amides is 1. The van der Waals surface area contributed by atoms with Gasteiger partial charge >= 0.3 is 0 Å². The highest BCUT2D eigenvalue weighted by atomic mass is 35.5. The van der Waals surface area contributed by atoms with E-state index in [4.69, 9.17) is 26.1 Å². The van der Waals surface area contributed by atoms with E-state index in [9.17, 15) is 4.79 Å². The minimum absolute atomic E-state index is 0.140. The van der Waals surface area contributed by atoms with Crippen molar-refractivity contribution in [2.75, 3.05) is 25.3 Å². The number of anilines is 1. The number of methoxy groups -OCH3 is 2. The summed E-state index contributed by atoms with van der Waals surface area (Å²) in [6, 6.07) is 22.5. The topological polar surface area (TPSA) is 65.4 Å². The van der Waals surface area contributed by atoms with Crippen LogP contribution in [0, 0.1) is 0 Å². The SMILES string of the molecule is COc1ccc(NC(=O)CSc2nc(-c3ccccc3)cn2-c2cc(Cl)ccc2OC)cc1. The molecule has 1 heterocycles. The van der Waals surface area contributed by atoms with E-state index in [1.165, 1.54) is 11.8 Å². The van der Waals surface area contributed by atoms with Crippen molar-refractivity contribution < 1.29 is 14.3 Å². The zero-order chi connectivity index (χ0) is 23.2. The van der Waals surface area contributed by atoms with E-state index >= 15 is 0 Å². The fourth-order valence-electron chi connectivity index (χ4n) is 3.24. The predicted octanol–water partition coefficient (Wildman–Crippen LogP) is 5.94. The minimum Gasteiger partial charge on any atom is -0.497 e. The average molecular weight is 480 g/mol. The van der Waals surface area contributed by atoms with E-state index in [2.05, 4.69) is 5.32 Å². The summed E-state index contributed by atoms with van der Waals surface area (Å²) in [5, 5.41) is 4.12. The Balaban J connectivity index is 1.60. The van der Waals surface area contributed by atoms with E-state index in [0.29, 0.717) is 21.6 Å². The van der Waals surface area contributed by atoms with Gasteiger partial charge in [-0.15, -0.1) is 0 Å². The fraction of sp³-hybridized carbons (Fsp3) is 0.120. The first kappa shape index (κ1) is 22.8. The molecule has 1 amide bonds. The monoisotopic (exact) mass is 479 g/mol. The van der Waals surface area contributed by atoms with E-state index in [0.717, 1.165) is 22.7 Å². The number of benzene rings is 3. The number of halogens is 1. The van der Waals surface area contributed by atoms with Crippen LogP contribution in [0.5, 0.6) is 11.5 Å². The number of nitrogens with zero attached hydrogens (tertiary/aromatic N) is 2. The van der Waals surface area contributed by atoms with Crippen molar-refractivity contribution in [3.63, 3.8) is 0 Å². The highest BCUT2D eigenvalue weighted by molar-refractivity contribution is 7.99. The van der Waals surface area contributed by atoms with Crippen LogP contribution in [0.3, 0.4) is 0 Å². The maximum absolute atomic E-state index is 12.6. The molecule has 0 atom stereocenters. The second kappa shape index (κ2) is 10.5. The number of nitrogens with one attached hydrogen (secondary N) is 1. The Morgan fingerprint density at radius 1 is 1.03 bits per heavy atom. The van der Waals surface area contributed by atoms with Gasteiger partial charge < -0.3 is 14.8 Å². The number of aromatic nitrogens is 2. The first-order chi connectivity index (χ1) is 16.1. The average Bonchev–Trinajstić information content (AvgIpc) is 3.28. The summed E-state index contributed by atoms with van der Waals surface area (Å²) in [5.74, 6) is 1.42. The highest BCUT2D eigenvalue weighted by Gasteiger charge is 2.17. The molecule has 33 heavy (non-hydrogen) atoms. The van der Waals surface area contributed by atoms with E-state index in [-0.39, 0.29) is 11.7 Å². The standard InChI is InChI=1S/C25H22ClN3O3S/c1-31-20-11-9-19(10-12-20)27-24(30)16-33-25-28-21(17-6-4-3-5-7-17)15-29(25)22-14-18(26)8-13-23(22)32-2/h3-15H,16H2,1-2H3,(H,27,30). The molecule has 0 saturated carbocycles. The Hall–Kier alpha value is -3.42. The summed E-state index contributed by atoms with van der Waals surface area (Å²) in [5.41, 5.74) is 3.21. The molecule has 6 nitrogen and oxygen atoms in total. The second-order valence-electron chi connectivity index (χ2n) is 7.03. The molecule has 0 bridgehead atoms. The molecule has 0 saturated heterocycles. The second-order valence-corrected chi connectivity index (χ2v) is 8.41. The van der Waals surface area contributed by atoms with Gasteiger partial charge in [0.15, 0.2) is 5.16 Å². The van der Waals surface area contributed by atoms with Crippen molar-refractivity contribution in [2.45, 2.75) is 5.16 Å². The third-order valence-electron chi connectivity index (χ3n) is 4.85. The fourth-order valence-corrected chi connectivity index (χ4v) is 4.19. The minimum atomic E-state index is -0.140. The summed E-state index contributed by atoms with van der Waals surface area (Å²) in [4.78, 5) is 17.4. The van der Waals surface area contributed by atoms with Crippen molar-refractivity contribution in [2.24, 2.45) is 0 Å². The summed E-state index contributed by atoms with van der Waals surface area (Å²) >= 11 is 7.60. The number of ether oxygens (including phenoxy) is 2. The maximum atomic E-state index is 12.6. The first-order valence-corrected chi connectivity index (χ1v) is 11.5. The molecule has 1 aromatic heterocycles. The van der Waals surface area contributed by atoms with Gasteiger partial charge in [0.1, 0.15) is 11.5 Å². The van der Waals surface area contributed by atoms with Crippen molar-refractivity contribution in [3.8, 4) is 28.4 Å². The molecule has 0 radical (unpaired) electrons. The largest absolute Gasteiger partial charge is 0.497 e. The molecule has 8 heteroatoms. The quantitative estimate of drug-likeness (QED) is 0.317. The van der Waals surface area contributed by atoms with Crippen LogP contribution in [0.2, 0.25) is 5.02 Å². The van der Waals surface area contributed by atoms with Crippen LogP contribution in [0.15, 0.2) is 84.1 Å². The summed E-state index contributed by atoms with van der Waals surface area (Å²) in [6.45, 7) is 0. The molecular weight excluding hydrogens is 458 g/mol. The summed E-state index contributed by atoms with van der Waals surface area (Å²) < 4.78 is 12.6. The van der Waals surface area contributed by atoms with Gasteiger partial charge in [0, 0.05) is 22.5 Å². The molecule has 3 aromatic carbocycles. The van der Waals surface area contributed by atoms with E-state index < -0.39 is 0 Å². The van der Waals surface area contributed by atoms with Gasteiger partial charge in [-0.3, -0.25) is 9.36 Å². The molecule has 0 unspecified atom stereocenters. The number of carbonyl (C=O) groups excluding carboxylic acids is 1. The smallest absolute Gasteiger partial charge is 0.234 e. The lowest BCUT2D eigenvalue weighted by atomic mass is 10.2. The molecule has 0 aliphatic heterocycles. The van der Waals surface area contributed by atoms with Gasteiger partial charge in [-0.05, 0) is 42.5 Å². The molecule has 4 aromatic rings. The van der Waals surface area contributed by atoms with E-state index in [1.54, 1.807) is 44.6 Å². The number of hydrogen-bond acceptors (Lipinski definition) is 5.